The minimum atomic E-state index is 0.113. The first kappa shape index (κ1) is 22.0. The molecule has 4 rings (SSSR count). The zero-order valence-corrected chi connectivity index (χ0v) is 19.9. The number of likely N-dealkylation sites (tertiary alicyclic amines) is 1. The van der Waals surface area contributed by atoms with Gasteiger partial charge in [0, 0.05) is 58.2 Å². The van der Waals surface area contributed by atoms with E-state index in [1.165, 1.54) is 5.56 Å². The molecule has 1 N–H and O–H groups in total. The Kier molecular flexibility index (Phi) is 6.75. The number of hydrogen-bond acceptors (Lipinski definition) is 4. The third kappa shape index (κ3) is 4.69. The summed E-state index contributed by atoms with van der Waals surface area (Å²) in [6.45, 7) is 2.40. The van der Waals surface area contributed by atoms with Crippen LogP contribution in [0.3, 0.4) is 0 Å². The molecule has 162 valence electrons. The second kappa shape index (κ2) is 9.51. The number of hydrogen-bond donors (Lipinski definition) is 1. The lowest BCUT2D eigenvalue weighted by molar-refractivity contribution is 0.312. The van der Waals surface area contributed by atoms with E-state index in [1.807, 2.05) is 24.3 Å². The van der Waals surface area contributed by atoms with E-state index in [1.54, 1.807) is 26.4 Å². The van der Waals surface area contributed by atoms with Gasteiger partial charge in [-0.3, -0.25) is 4.90 Å². The van der Waals surface area contributed by atoms with Crippen LogP contribution in [0.25, 0.3) is 0 Å². The summed E-state index contributed by atoms with van der Waals surface area (Å²) in [5.74, 6) is 2.20. The standard InChI is InChI=1S/C25H25BrClNO3/c1-30-18-9-7-16(25(12-18)31-2)13-28-14-21(19-5-3-4-6-23(19)26)22(15-28)20-11-17(27)8-10-24(20)29/h3-12,21-22,29H,13-15H2,1-2H3/t21-,22-/m0/s1. The lowest BCUT2D eigenvalue weighted by atomic mass is 9.84. The van der Waals surface area contributed by atoms with Gasteiger partial charge in [-0.15, -0.1) is 0 Å². The van der Waals surface area contributed by atoms with Gasteiger partial charge in [0.15, 0.2) is 0 Å². The van der Waals surface area contributed by atoms with Crippen LogP contribution in [0.2, 0.25) is 5.02 Å². The predicted octanol–water partition coefficient (Wildman–Crippen LogP) is 6.21. The number of phenols is 1. The van der Waals surface area contributed by atoms with Crippen molar-refractivity contribution in [2.75, 3.05) is 27.3 Å². The molecule has 1 heterocycles. The molecule has 6 heteroatoms. The third-order valence-electron chi connectivity index (χ3n) is 5.98. The Morgan fingerprint density at radius 2 is 1.71 bits per heavy atom. The van der Waals surface area contributed by atoms with E-state index in [0.29, 0.717) is 5.02 Å². The van der Waals surface area contributed by atoms with Gasteiger partial charge in [0.25, 0.3) is 0 Å². The van der Waals surface area contributed by atoms with Gasteiger partial charge in [-0.05, 0) is 35.9 Å². The highest BCUT2D eigenvalue weighted by Crippen LogP contribution is 2.45. The first-order chi connectivity index (χ1) is 15.0. The summed E-state index contributed by atoms with van der Waals surface area (Å²) in [5.41, 5.74) is 3.22. The van der Waals surface area contributed by atoms with Crippen molar-refractivity contribution in [3.63, 3.8) is 0 Å². The molecule has 0 aromatic heterocycles. The third-order valence-corrected chi connectivity index (χ3v) is 6.93. The molecule has 0 aliphatic carbocycles. The first-order valence-corrected chi connectivity index (χ1v) is 11.3. The van der Waals surface area contributed by atoms with E-state index in [4.69, 9.17) is 21.1 Å². The molecule has 0 spiro atoms. The van der Waals surface area contributed by atoms with E-state index in [2.05, 4.69) is 45.1 Å². The van der Waals surface area contributed by atoms with E-state index >= 15 is 0 Å². The van der Waals surface area contributed by atoms with E-state index in [0.717, 1.165) is 46.7 Å². The minimum Gasteiger partial charge on any atom is -0.508 e. The van der Waals surface area contributed by atoms with Crippen molar-refractivity contribution in [2.24, 2.45) is 0 Å². The highest BCUT2D eigenvalue weighted by molar-refractivity contribution is 9.10. The van der Waals surface area contributed by atoms with Crippen molar-refractivity contribution in [3.8, 4) is 17.2 Å². The van der Waals surface area contributed by atoms with E-state index in [9.17, 15) is 5.11 Å². The molecule has 1 saturated heterocycles. The van der Waals surface area contributed by atoms with Crippen LogP contribution in [0.5, 0.6) is 17.2 Å². The highest BCUT2D eigenvalue weighted by atomic mass is 79.9. The first-order valence-electron chi connectivity index (χ1n) is 10.2. The van der Waals surface area contributed by atoms with Crippen LogP contribution in [0.15, 0.2) is 65.1 Å². The van der Waals surface area contributed by atoms with Gasteiger partial charge in [-0.25, -0.2) is 0 Å². The van der Waals surface area contributed by atoms with Crippen LogP contribution in [0, 0.1) is 0 Å². The number of benzene rings is 3. The summed E-state index contributed by atoms with van der Waals surface area (Å²) in [5, 5.41) is 11.3. The molecule has 0 saturated carbocycles. The zero-order chi connectivity index (χ0) is 22.0. The second-order valence-corrected chi connectivity index (χ2v) is 9.10. The Labute approximate surface area is 196 Å². The molecule has 2 atom stereocenters. The van der Waals surface area contributed by atoms with Crippen LogP contribution >= 0.6 is 27.5 Å². The number of halogens is 2. The number of methoxy groups -OCH3 is 2. The number of phenolic OH excluding ortho intramolecular Hbond substituents is 1. The summed E-state index contributed by atoms with van der Waals surface area (Å²) < 4.78 is 12.0. The molecule has 1 fully saturated rings. The topological polar surface area (TPSA) is 41.9 Å². The molecular formula is C25H25BrClNO3. The normalized spacial score (nSPS) is 18.8. The molecule has 1 aliphatic heterocycles. The molecular weight excluding hydrogens is 478 g/mol. The highest BCUT2D eigenvalue weighted by Gasteiger charge is 2.37. The fraction of sp³-hybridized carbons (Fsp3) is 0.280. The fourth-order valence-corrected chi connectivity index (χ4v) is 5.23. The molecule has 0 amide bonds. The number of aromatic hydroxyl groups is 1. The SMILES string of the molecule is COc1ccc(CN2C[C@@H](c3cc(Cl)ccc3O)[C@H](c3ccccc3Br)C2)c(OC)c1. The van der Waals surface area contributed by atoms with Gasteiger partial charge in [0.2, 0.25) is 0 Å². The molecule has 3 aromatic rings. The van der Waals surface area contributed by atoms with Crippen molar-refractivity contribution in [3.05, 3.63) is 86.8 Å². The van der Waals surface area contributed by atoms with Crippen LogP contribution in [0.1, 0.15) is 28.5 Å². The van der Waals surface area contributed by atoms with Gasteiger partial charge < -0.3 is 14.6 Å². The summed E-state index contributed by atoms with van der Waals surface area (Å²) in [7, 11) is 3.33. The summed E-state index contributed by atoms with van der Waals surface area (Å²) in [6.07, 6.45) is 0. The van der Waals surface area contributed by atoms with Crippen molar-refractivity contribution >= 4 is 27.5 Å². The van der Waals surface area contributed by atoms with Crippen LogP contribution in [-0.4, -0.2) is 37.3 Å². The van der Waals surface area contributed by atoms with Gasteiger partial charge in [-0.1, -0.05) is 51.8 Å². The smallest absolute Gasteiger partial charge is 0.127 e. The zero-order valence-electron chi connectivity index (χ0n) is 17.5. The van der Waals surface area contributed by atoms with Gasteiger partial charge >= 0.3 is 0 Å². The van der Waals surface area contributed by atoms with E-state index < -0.39 is 0 Å². The maximum atomic E-state index is 10.6. The van der Waals surface area contributed by atoms with Crippen LogP contribution in [0.4, 0.5) is 0 Å². The van der Waals surface area contributed by atoms with Crippen LogP contribution < -0.4 is 9.47 Å². The molecule has 3 aromatic carbocycles. The quantitative estimate of drug-likeness (QED) is 0.435. The number of ether oxygens (including phenoxy) is 2. The molecule has 0 radical (unpaired) electrons. The van der Waals surface area contributed by atoms with Crippen molar-refractivity contribution in [1.82, 2.24) is 4.90 Å². The van der Waals surface area contributed by atoms with Gasteiger partial charge in [0.05, 0.1) is 14.2 Å². The molecule has 0 unspecified atom stereocenters. The Bertz CT molecular complexity index is 1070. The summed E-state index contributed by atoms with van der Waals surface area (Å²) in [6, 6.07) is 19.5. The van der Waals surface area contributed by atoms with Gasteiger partial charge in [0.1, 0.15) is 17.2 Å². The maximum absolute atomic E-state index is 10.6. The Morgan fingerprint density at radius 3 is 2.42 bits per heavy atom. The predicted molar refractivity (Wildman–Crippen MR) is 128 cm³/mol. The molecule has 0 bridgehead atoms. The molecule has 4 nitrogen and oxygen atoms in total. The summed E-state index contributed by atoms with van der Waals surface area (Å²) in [4.78, 5) is 2.40. The lowest BCUT2D eigenvalue weighted by Gasteiger charge is -2.21. The average Bonchev–Trinajstić information content (AvgIpc) is 3.19. The van der Waals surface area contributed by atoms with Crippen molar-refractivity contribution in [1.29, 1.82) is 0 Å². The maximum Gasteiger partial charge on any atom is 0.127 e. The van der Waals surface area contributed by atoms with Crippen LogP contribution in [-0.2, 0) is 6.54 Å². The average molecular weight is 503 g/mol. The van der Waals surface area contributed by atoms with Crippen molar-refractivity contribution < 1.29 is 14.6 Å². The Hall–Kier alpha value is -2.21. The monoisotopic (exact) mass is 501 g/mol. The molecule has 31 heavy (non-hydrogen) atoms. The Balaban J connectivity index is 1.68. The number of rotatable bonds is 6. The Morgan fingerprint density at radius 1 is 0.968 bits per heavy atom. The minimum absolute atomic E-state index is 0.113. The lowest BCUT2D eigenvalue weighted by Crippen LogP contribution is -2.20. The largest absolute Gasteiger partial charge is 0.508 e. The number of nitrogens with zero attached hydrogens (tertiary/aromatic N) is 1. The van der Waals surface area contributed by atoms with E-state index in [-0.39, 0.29) is 17.6 Å². The summed E-state index contributed by atoms with van der Waals surface area (Å²) >= 11 is 10.0. The van der Waals surface area contributed by atoms with Crippen molar-refractivity contribution in [2.45, 2.75) is 18.4 Å². The van der Waals surface area contributed by atoms with Gasteiger partial charge in [-0.2, -0.15) is 0 Å². The second-order valence-electron chi connectivity index (χ2n) is 7.81. The molecule has 1 aliphatic rings. The fourth-order valence-electron chi connectivity index (χ4n) is 4.47.